The van der Waals surface area contributed by atoms with Gasteiger partial charge in [-0.15, -0.1) is 0 Å². The molecule has 4 rings (SSSR count). The van der Waals surface area contributed by atoms with Crippen molar-refractivity contribution in [3.05, 3.63) is 48.2 Å². The van der Waals surface area contributed by atoms with Crippen molar-refractivity contribution in [2.75, 3.05) is 23.7 Å². The summed E-state index contributed by atoms with van der Waals surface area (Å²) in [5.41, 5.74) is 12.1. The third-order valence-corrected chi connectivity index (χ3v) is 4.81. The van der Waals surface area contributed by atoms with Crippen molar-refractivity contribution >= 4 is 22.5 Å². The molecule has 0 amide bonds. The van der Waals surface area contributed by atoms with Gasteiger partial charge in [0, 0.05) is 18.8 Å². The van der Waals surface area contributed by atoms with Gasteiger partial charge in [-0.1, -0.05) is 12.1 Å². The van der Waals surface area contributed by atoms with Crippen LogP contribution in [0.25, 0.3) is 22.2 Å². The molecular formula is C20H22N4. The smallest absolute Gasteiger partial charge is 0.147 e. The van der Waals surface area contributed by atoms with Crippen LogP contribution in [0.15, 0.2) is 42.6 Å². The summed E-state index contributed by atoms with van der Waals surface area (Å²) in [6, 6.07) is 12.4. The van der Waals surface area contributed by atoms with Crippen LogP contribution in [0, 0.1) is 6.92 Å². The van der Waals surface area contributed by atoms with E-state index in [-0.39, 0.29) is 0 Å². The van der Waals surface area contributed by atoms with Crippen LogP contribution in [-0.4, -0.2) is 23.1 Å². The molecule has 0 saturated carbocycles. The van der Waals surface area contributed by atoms with E-state index in [0.717, 1.165) is 52.3 Å². The Labute approximate surface area is 142 Å². The van der Waals surface area contributed by atoms with Crippen molar-refractivity contribution in [2.24, 2.45) is 0 Å². The summed E-state index contributed by atoms with van der Waals surface area (Å²) < 4.78 is 0. The van der Waals surface area contributed by atoms with Gasteiger partial charge in [0.2, 0.25) is 0 Å². The van der Waals surface area contributed by atoms with Crippen molar-refractivity contribution in [1.29, 1.82) is 0 Å². The van der Waals surface area contributed by atoms with Crippen molar-refractivity contribution in [2.45, 2.75) is 26.2 Å². The zero-order valence-corrected chi connectivity index (χ0v) is 14.0. The van der Waals surface area contributed by atoms with Crippen LogP contribution in [0.5, 0.6) is 0 Å². The highest BCUT2D eigenvalue weighted by atomic mass is 15.2. The lowest BCUT2D eigenvalue weighted by Crippen LogP contribution is -2.30. The molecule has 1 aliphatic heterocycles. The summed E-state index contributed by atoms with van der Waals surface area (Å²) in [5, 5.41) is 0. The first-order valence-corrected chi connectivity index (χ1v) is 8.59. The quantitative estimate of drug-likeness (QED) is 0.720. The topological polar surface area (TPSA) is 55.0 Å². The van der Waals surface area contributed by atoms with Crippen LogP contribution >= 0.6 is 0 Å². The summed E-state index contributed by atoms with van der Waals surface area (Å²) in [6.45, 7) is 4.20. The molecule has 1 saturated heterocycles. The van der Waals surface area contributed by atoms with Crippen LogP contribution in [0.1, 0.15) is 24.8 Å². The maximum atomic E-state index is 5.93. The largest absolute Gasteiger partial charge is 0.399 e. The van der Waals surface area contributed by atoms with Gasteiger partial charge in [-0.05, 0) is 67.1 Å². The first-order valence-electron chi connectivity index (χ1n) is 8.59. The molecule has 122 valence electrons. The predicted molar refractivity (Wildman–Crippen MR) is 100 cm³/mol. The number of rotatable bonds is 2. The molecule has 0 atom stereocenters. The van der Waals surface area contributed by atoms with Gasteiger partial charge in [-0.3, -0.25) is 4.98 Å². The molecule has 3 aromatic rings. The van der Waals surface area contributed by atoms with Gasteiger partial charge < -0.3 is 10.6 Å². The highest BCUT2D eigenvalue weighted by molar-refractivity contribution is 5.82. The molecule has 4 nitrogen and oxygen atoms in total. The lowest BCUT2D eigenvalue weighted by Gasteiger charge is -2.27. The number of nitrogens with zero attached hydrogens (tertiary/aromatic N) is 3. The Bertz CT molecular complexity index is 882. The van der Waals surface area contributed by atoms with E-state index in [1.54, 1.807) is 0 Å². The fourth-order valence-electron chi connectivity index (χ4n) is 3.31. The standard InChI is InChI=1S/C20H22N4/c1-14-11-15(5-7-17(14)21)16-6-8-18-19(12-16)23-20(13-22-18)24-9-3-2-4-10-24/h5-8,11-13H,2-4,9-10,21H2,1H3. The lowest BCUT2D eigenvalue weighted by molar-refractivity contribution is 0.573. The Morgan fingerprint density at radius 2 is 1.67 bits per heavy atom. The number of hydrogen-bond donors (Lipinski definition) is 1. The summed E-state index contributed by atoms with van der Waals surface area (Å²) in [6.07, 6.45) is 5.70. The molecule has 2 heterocycles. The summed E-state index contributed by atoms with van der Waals surface area (Å²) in [5.74, 6) is 0.993. The number of aromatic nitrogens is 2. The van der Waals surface area contributed by atoms with Crippen LogP contribution in [0.2, 0.25) is 0 Å². The van der Waals surface area contributed by atoms with Crippen LogP contribution in [0.4, 0.5) is 11.5 Å². The lowest BCUT2D eigenvalue weighted by atomic mass is 10.0. The van der Waals surface area contributed by atoms with E-state index in [2.05, 4.69) is 34.1 Å². The molecule has 1 aromatic heterocycles. The molecule has 0 unspecified atom stereocenters. The number of nitrogen functional groups attached to an aromatic ring is 1. The molecule has 0 spiro atoms. The van der Waals surface area contributed by atoms with Gasteiger partial charge in [0.05, 0.1) is 17.2 Å². The van der Waals surface area contributed by atoms with E-state index in [4.69, 9.17) is 10.7 Å². The fourth-order valence-corrected chi connectivity index (χ4v) is 3.31. The summed E-state index contributed by atoms with van der Waals surface area (Å²) in [4.78, 5) is 11.8. The minimum atomic E-state index is 0.826. The molecule has 0 radical (unpaired) electrons. The Morgan fingerprint density at radius 3 is 2.46 bits per heavy atom. The van der Waals surface area contributed by atoms with Crippen LogP contribution in [0.3, 0.4) is 0 Å². The minimum Gasteiger partial charge on any atom is -0.399 e. The van der Waals surface area contributed by atoms with Crippen LogP contribution in [-0.2, 0) is 0 Å². The first-order chi connectivity index (χ1) is 11.7. The molecule has 2 N–H and O–H groups in total. The SMILES string of the molecule is Cc1cc(-c2ccc3ncc(N4CCCCC4)nc3c2)ccc1N. The van der Waals surface area contributed by atoms with Gasteiger partial charge in [0.1, 0.15) is 5.82 Å². The number of anilines is 2. The monoisotopic (exact) mass is 318 g/mol. The minimum absolute atomic E-state index is 0.826. The average Bonchev–Trinajstić information content (AvgIpc) is 2.64. The number of benzene rings is 2. The van der Waals surface area contributed by atoms with Gasteiger partial charge in [-0.2, -0.15) is 0 Å². The van der Waals surface area contributed by atoms with Gasteiger partial charge in [0.15, 0.2) is 0 Å². The summed E-state index contributed by atoms with van der Waals surface area (Å²) in [7, 11) is 0. The number of piperidine rings is 1. The second-order valence-electron chi connectivity index (χ2n) is 6.55. The Morgan fingerprint density at radius 1 is 0.917 bits per heavy atom. The van der Waals surface area contributed by atoms with E-state index in [1.807, 2.05) is 25.3 Å². The molecular weight excluding hydrogens is 296 g/mol. The maximum Gasteiger partial charge on any atom is 0.147 e. The van der Waals surface area contributed by atoms with Crippen LogP contribution < -0.4 is 10.6 Å². The molecule has 1 aliphatic rings. The number of fused-ring (bicyclic) bond motifs is 1. The fraction of sp³-hybridized carbons (Fsp3) is 0.300. The highest BCUT2D eigenvalue weighted by Gasteiger charge is 2.13. The van der Waals surface area contributed by atoms with E-state index >= 15 is 0 Å². The van der Waals surface area contributed by atoms with Gasteiger partial charge >= 0.3 is 0 Å². The zero-order chi connectivity index (χ0) is 16.5. The number of hydrogen-bond acceptors (Lipinski definition) is 4. The van der Waals surface area contributed by atoms with E-state index in [9.17, 15) is 0 Å². The maximum absolute atomic E-state index is 5.93. The third-order valence-electron chi connectivity index (χ3n) is 4.81. The second kappa shape index (κ2) is 6.11. The normalized spacial score (nSPS) is 15.0. The molecule has 1 fully saturated rings. The zero-order valence-electron chi connectivity index (χ0n) is 14.0. The molecule has 2 aromatic carbocycles. The second-order valence-corrected chi connectivity index (χ2v) is 6.55. The molecule has 0 aliphatic carbocycles. The van der Waals surface area contributed by atoms with Crippen molar-refractivity contribution in [1.82, 2.24) is 9.97 Å². The first kappa shape index (κ1) is 14.9. The van der Waals surface area contributed by atoms with Gasteiger partial charge in [-0.25, -0.2) is 4.98 Å². The Hall–Kier alpha value is -2.62. The van der Waals surface area contributed by atoms with E-state index in [1.165, 1.54) is 19.3 Å². The van der Waals surface area contributed by atoms with Crippen molar-refractivity contribution < 1.29 is 0 Å². The predicted octanol–water partition coefficient (Wildman–Crippen LogP) is 4.18. The van der Waals surface area contributed by atoms with Gasteiger partial charge in [0.25, 0.3) is 0 Å². The molecule has 0 bridgehead atoms. The highest BCUT2D eigenvalue weighted by Crippen LogP contribution is 2.27. The third kappa shape index (κ3) is 2.80. The number of aryl methyl sites for hydroxylation is 1. The van der Waals surface area contributed by atoms with Crippen molar-refractivity contribution in [3.63, 3.8) is 0 Å². The van der Waals surface area contributed by atoms with Crippen molar-refractivity contribution in [3.8, 4) is 11.1 Å². The summed E-state index contributed by atoms with van der Waals surface area (Å²) >= 11 is 0. The Balaban J connectivity index is 1.74. The number of nitrogens with two attached hydrogens (primary N) is 1. The van der Waals surface area contributed by atoms with E-state index < -0.39 is 0 Å². The average molecular weight is 318 g/mol. The Kier molecular flexibility index (Phi) is 3.81. The molecule has 24 heavy (non-hydrogen) atoms. The van der Waals surface area contributed by atoms with E-state index in [0.29, 0.717) is 0 Å². The molecule has 4 heteroatoms.